The minimum Gasteiger partial charge on any atom is -0.356 e. The van der Waals surface area contributed by atoms with E-state index in [4.69, 9.17) is 0 Å². The summed E-state index contributed by atoms with van der Waals surface area (Å²) in [5.41, 5.74) is 1.71. The fraction of sp³-hybridized carbons (Fsp3) is 0.500. The maximum Gasteiger partial charge on any atom is 0.275 e. The molecule has 1 amide bonds. The molecule has 0 radical (unpaired) electrons. The van der Waals surface area contributed by atoms with Crippen molar-refractivity contribution >= 4 is 22.5 Å². The van der Waals surface area contributed by atoms with E-state index in [-0.39, 0.29) is 17.3 Å². The molecule has 3 heterocycles. The van der Waals surface area contributed by atoms with E-state index in [1.54, 1.807) is 27.3 Å². The Balaban J connectivity index is 1.31. The molecule has 0 aliphatic carbocycles. The third-order valence-corrected chi connectivity index (χ3v) is 6.16. The minimum absolute atomic E-state index is 0.00293. The number of hydrogen-bond acceptors (Lipinski definition) is 3. The van der Waals surface area contributed by atoms with Crippen LogP contribution in [0.1, 0.15) is 44.9 Å². The van der Waals surface area contributed by atoms with E-state index in [2.05, 4.69) is 10.2 Å². The Labute approximate surface area is 181 Å². The number of aromatic nitrogens is 2. The summed E-state index contributed by atoms with van der Waals surface area (Å²) in [5.74, 6) is -0.377. The summed E-state index contributed by atoms with van der Waals surface area (Å²) in [6.45, 7) is 4.43. The van der Waals surface area contributed by atoms with Crippen molar-refractivity contribution < 1.29 is 9.18 Å². The van der Waals surface area contributed by atoms with Gasteiger partial charge in [0.2, 0.25) is 5.91 Å². The smallest absolute Gasteiger partial charge is 0.275 e. The van der Waals surface area contributed by atoms with E-state index in [9.17, 15) is 14.0 Å². The number of nitrogens with one attached hydrogen (secondary N) is 1. The van der Waals surface area contributed by atoms with Crippen LogP contribution in [-0.2, 0) is 11.3 Å². The summed E-state index contributed by atoms with van der Waals surface area (Å²) in [6, 6.07) is 8.04. The molecule has 1 aliphatic heterocycles. The predicted molar refractivity (Wildman–Crippen MR) is 121 cm³/mol. The van der Waals surface area contributed by atoms with Crippen molar-refractivity contribution in [2.75, 3.05) is 26.2 Å². The van der Waals surface area contributed by atoms with E-state index < -0.39 is 0 Å². The molecule has 0 saturated carbocycles. The molecule has 7 heteroatoms. The summed E-state index contributed by atoms with van der Waals surface area (Å²) in [4.78, 5) is 27.6. The molecule has 1 aromatic carbocycles. The Hall–Kier alpha value is -2.67. The number of nitrogens with zero attached hydrogens (tertiary/aromatic N) is 3. The second-order valence-electron chi connectivity index (χ2n) is 8.42. The highest BCUT2D eigenvalue weighted by Crippen LogP contribution is 2.17. The molecule has 6 nitrogen and oxygen atoms in total. The molecule has 1 fully saturated rings. The number of likely N-dealkylation sites (tertiary alicyclic amines) is 1. The van der Waals surface area contributed by atoms with E-state index in [0.29, 0.717) is 37.0 Å². The van der Waals surface area contributed by atoms with Crippen molar-refractivity contribution in [2.24, 2.45) is 0 Å². The van der Waals surface area contributed by atoms with Crippen LogP contribution in [0, 0.1) is 5.82 Å². The lowest BCUT2D eigenvalue weighted by Crippen LogP contribution is -2.30. The van der Waals surface area contributed by atoms with Crippen LogP contribution in [-0.4, -0.2) is 46.0 Å². The van der Waals surface area contributed by atoms with E-state index in [1.165, 1.54) is 50.9 Å². The van der Waals surface area contributed by atoms with Gasteiger partial charge in [0, 0.05) is 25.7 Å². The number of fused-ring (bicyclic) bond motifs is 3. The van der Waals surface area contributed by atoms with Gasteiger partial charge in [-0.3, -0.25) is 9.59 Å². The molecule has 4 rings (SSSR count). The topological polar surface area (TPSA) is 58.8 Å². The van der Waals surface area contributed by atoms with E-state index >= 15 is 0 Å². The number of hydrogen-bond donors (Lipinski definition) is 1. The quantitative estimate of drug-likeness (QED) is 0.561. The van der Waals surface area contributed by atoms with Gasteiger partial charge in [-0.15, -0.1) is 0 Å². The highest BCUT2D eigenvalue weighted by Gasteiger charge is 2.12. The highest BCUT2D eigenvalue weighted by atomic mass is 19.1. The lowest BCUT2D eigenvalue weighted by molar-refractivity contribution is -0.121. The lowest BCUT2D eigenvalue weighted by Gasteiger charge is -2.19. The second kappa shape index (κ2) is 10.1. The molecular formula is C24H31FN4O2. The van der Waals surface area contributed by atoms with Gasteiger partial charge in [-0.05, 0) is 75.6 Å². The molecule has 0 spiro atoms. The molecule has 1 N–H and O–H groups in total. The third kappa shape index (κ3) is 5.15. The number of carbonyl (C=O) groups excluding carboxylic acids is 1. The largest absolute Gasteiger partial charge is 0.356 e. The van der Waals surface area contributed by atoms with Crippen LogP contribution in [0.15, 0.2) is 41.3 Å². The maximum atomic E-state index is 13.9. The van der Waals surface area contributed by atoms with Gasteiger partial charge >= 0.3 is 0 Å². The van der Waals surface area contributed by atoms with Crippen LogP contribution in [0.2, 0.25) is 0 Å². The molecule has 31 heavy (non-hydrogen) atoms. The fourth-order valence-corrected chi connectivity index (χ4v) is 4.53. The molecule has 1 saturated heterocycles. The van der Waals surface area contributed by atoms with Gasteiger partial charge in [0.05, 0.1) is 11.0 Å². The third-order valence-electron chi connectivity index (χ3n) is 6.16. The standard InChI is InChI=1S/C24H31FN4O2/c25-19-10-11-20-22(18-19)29(24(31)21-8-5-16-28(20)21)17-6-9-23(30)26-12-7-15-27-13-3-1-2-4-14-27/h5,8,10-11,16,18H,1-4,6-7,9,12-15,17H2,(H,26,30). The SMILES string of the molecule is O=C(CCCn1c(=O)c2cccn2c2ccc(F)cc21)NCCCN1CCCCCC1. The Morgan fingerprint density at radius 3 is 2.58 bits per heavy atom. The van der Waals surface area contributed by atoms with Crippen LogP contribution >= 0.6 is 0 Å². The van der Waals surface area contributed by atoms with E-state index in [1.807, 2.05) is 6.07 Å². The summed E-state index contributed by atoms with van der Waals surface area (Å²) in [7, 11) is 0. The zero-order valence-electron chi connectivity index (χ0n) is 18.0. The summed E-state index contributed by atoms with van der Waals surface area (Å²) in [6.07, 6.45) is 8.85. The Kier molecular flexibility index (Phi) is 7.02. The van der Waals surface area contributed by atoms with Crippen LogP contribution in [0.4, 0.5) is 4.39 Å². The molecule has 3 aromatic rings. The molecule has 166 valence electrons. The number of amides is 1. The Morgan fingerprint density at radius 1 is 0.968 bits per heavy atom. The van der Waals surface area contributed by atoms with Crippen molar-refractivity contribution in [3.8, 4) is 0 Å². The number of benzene rings is 1. The Bertz CT molecular complexity index is 1100. The first-order valence-corrected chi connectivity index (χ1v) is 11.4. The van der Waals surface area contributed by atoms with Gasteiger partial charge in [0.1, 0.15) is 11.3 Å². The lowest BCUT2D eigenvalue weighted by atomic mass is 10.2. The summed E-state index contributed by atoms with van der Waals surface area (Å²) in [5, 5.41) is 2.99. The average molecular weight is 427 g/mol. The second-order valence-corrected chi connectivity index (χ2v) is 8.42. The molecule has 0 atom stereocenters. The first kappa shape index (κ1) is 21.6. The van der Waals surface area contributed by atoms with Crippen molar-refractivity contribution in [1.82, 2.24) is 19.2 Å². The van der Waals surface area contributed by atoms with Gasteiger partial charge in [0.15, 0.2) is 0 Å². The minimum atomic E-state index is -0.380. The number of rotatable bonds is 8. The monoisotopic (exact) mass is 426 g/mol. The Morgan fingerprint density at radius 2 is 1.77 bits per heavy atom. The van der Waals surface area contributed by atoms with Crippen molar-refractivity contribution in [1.29, 1.82) is 0 Å². The number of carbonyl (C=O) groups is 1. The normalized spacial score (nSPS) is 15.4. The number of aryl methyl sites for hydroxylation is 1. The van der Waals surface area contributed by atoms with Crippen molar-refractivity contribution in [3.63, 3.8) is 0 Å². The first-order valence-electron chi connectivity index (χ1n) is 11.4. The highest BCUT2D eigenvalue weighted by molar-refractivity contribution is 5.79. The van der Waals surface area contributed by atoms with Gasteiger partial charge < -0.3 is 19.2 Å². The predicted octanol–water partition coefficient (Wildman–Crippen LogP) is 3.56. The van der Waals surface area contributed by atoms with Gasteiger partial charge in [0.25, 0.3) is 5.56 Å². The molecule has 0 bridgehead atoms. The van der Waals surface area contributed by atoms with Crippen LogP contribution < -0.4 is 10.9 Å². The zero-order valence-corrected chi connectivity index (χ0v) is 18.0. The van der Waals surface area contributed by atoms with Crippen LogP contribution in [0.3, 0.4) is 0 Å². The maximum absolute atomic E-state index is 13.9. The van der Waals surface area contributed by atoms with Gasteiger partial charge in [-0.2, -0.15) is 0 Å². The number of halogens is 1. The van der Waals surface area contributed by atoms with E-state index in [0.717, 1.165) is 18.5 Å². The molecular weight excluding hydrogens is 395 g/mol. The molecule has 0 unspecified atom stereocenters. The van der Waals surface area contributed by atoms with Crippen LogP contribution in [0.5, 0.6) is 0 Å². The van der Waals surface area contributed by atoms with Crippen molar-refractivity contribution in [2.45, 2.75) is 51.5 Å². The summed E-state index contributed by atoms with van der Waals surface area (Å²) < 4.78 is 17.2. The van der Waals surface area contributed by atoms with Crippen LogP contribution in [0.25, 0.3) is 16.6 Å². The summed E-state index contributed by atoms with van der Waals surface area (Å²) >= 11 is 0. The zero-order chi connectivity index (χ0) is 21.6. The molecule has 2 aromatic heterocycles. The average Bonchev–Trinajstić information content (AvgIpc) is 3.11. The van der Waals surface area contributed by atoms with Gasteiger partial charge in [-0.25, -0.2) is 4.39 Å². The molecule has 1 aliphatic rings. The van der Waals surface area contributed by atoms with Crippen molar-refractivity contribution in [3.05, 3.63) is 52.7 Å². The fourth-order valence-electron chi connectivity index (χ4n) is 4.53. The van der Waals surface area contributed by atoms with Gasteiger partial charge in [-0.1, -0.05) is 12.8 Å². The first-order chi connectivity index (χ1) is 15.1.